The smallest absolute Gasteiger partial charge is 0.0823 e. The van der Waals surface area contributed by atoms with E-state index in [0.717, 1.165) is 17.1 Å². The number of hydrogen-bond donors (Lipinski definition) is 2. The SMILES string of the molecule is Cc1ccccc1NCc1ncccc1N. The first-order valence-corrected chi connectivity index (χ1v) is 5.26. The Bertz CT molecular complexity index is 435. The molecule has 0 spiro atoms. The number of nitrogens with zero attached hydrogens (tertiary/aromatic N) is 1. The first kappa shape index (κ1) is 10.5. The molecule has 1 aromatic carbocycles. The zero-order valence-electron chi connectivity index (χ0n) is 9.27. The maximum absolute atomic E-state index is 5.82. The summed E-state index contributed by atoms with van der Waals surface area (Å²) in [5.74, 6) is 0. The molecule has 2 aromatic rings. The molecule has 0 fully saturated rings. The van der Waals surface area contributed by atoms with Gasteiger partial charge in [-0.15, -0.1) is 0 Å². The Hall–Kier alpha value is -2.03. The highest BCUT2D eigenvalue weighted by molar-refractivity contribution is 5.52. The van der Waals surface area contributed by atoms with Crippen molar-refractivity contribution in [1.29, 1.82) is 0 Å². The monoisotopic (exact) mass is 213 g/mol. The van der Waals surface area contributed by atoms with Crippen molar-refractivity contribution < 1.29 is 0 Å². The van der Waals surface area contributed by atoms with E-state index in [1.165, 1.54) is 5.56 Å². The standard InChI is InChI=1S/C13H15N3/c1-10-5-2-3-7-12(10)16-9-13-11(14)6-4-8-15-13/h2-8,16H,9,14H2,1H3. The first-order chi connectivity index (χ1) is 7.77. The van der Waals surface area contributed by atoms with Crippen molar-refractivity contribution >= 4 is 11.4 Å². The number of hydrogen-bond acceptors (Lipinski definition) is 3. The minimum atomic E-state index is 0.650. The van der Waals surface area contributed by atoms with Crippen LogP contribution in [0.2, 0.25) is 0 Å². The number of anilines is 2. The molecule has 0 amide bonds. The summed E-state index contributed by atoms with van der Waals surface area (Å²) in [5, 5.41) is 3.33. The summed E-state index contributed by atoms with van der Waals surface area (Å²) in [6.07, 6.45) is 1.76. The van der Waals surface area contributed by atoms with Gasteiger partial charge in [0.1, 0.15) is 0 Å². The second-order valence-corrected chi connectivity index (χ2v) is 3.71. The van der Waals surface area contributed by atoms with Crippen molar-refractivity contribution in [3.05, 3.63) is 53.9 Å². The molecule has 2 rings (SSSR count). The summed E-state index contributed by atoms with van der Waals surface area (Å²) in [7, 11) is 0. The van der Waals surface area contributed by atoms with Gasteiger partial charge in [0.15, 0.2) is 0 Å². The Morgan fingerprint density at radius 1 is 1.19 bits per heavy atom. The van der Waals surface area contributed by atoms with Crippen LogP contribution in [0.3, 0.4) is 0 Å². The molecule has 16 heavy (non-hydrogen) atoms. The molecule has 0 aliphatic heterocycles. The molecule has 3 nitrogen and oxygen atoms in total. The number of nitrogens with one attached hydrogen (secondary N) is 1. The number of pyridine rings is 1. The third-order valence-corrected chi connectivity index (χ3v) is 2.52. The highest BCUT2D eigenvalue weighted by Crippen LogP contribution is 2.15. The molecule has 1 aromatic heterocycles. The zero-order chi connectivity index (χ0) is 11.4. The van der Waals surface area contributed by atoms with E-state index in [-0.39, 0.29) is 0 Å². The van der Waals surface area contributed by atoms with Crippen LogP contribution in [0.5, 0.6) is 0 Å². The number of nitrogen functional groups attached to an aromatic ring is 1. The molecule has 0 radical (unpaired) electrons. The number of para-hydroxylation sites is 1. The van der Waals surface area contributed by atoms with Crippen LogP contribution in [0.25, 0.3) is 0 Å². The largest absolute Gasteiger partial charge is 0.397 e. The Morgan fingerprint density at radius 3 is 2.75 bits per heavy atom. The second-order valence-electron chi connectivity index (χ2n) is 3.71. The number of benzene rings is 1. The fourth-order valence-corrected chi connectivity index (χ4v) is 1.55. The number of aryl methyl sites for hydroxylation is 1. The normalized spacial score (nSPS) is 10.1. The van der Waals surface area contributed by atoms with E-state index < -0.39 is 0 Å². The summed E-state index contributed by atoms with van der Waals surface area (Å²) in [5.41, 5.74) is 9.76. The quantitative estimate of drug-likeness (QED) is 0.824. The molecule has 3 N–H and O–H groups in total. The van der Waals surface area contributed by atoms with Gasteiger partial charge in [-0.2, -0.15) is 0 Å². The van der Waals surface area contributed by atoms with E-state index in [2.05, 4.69) is 29.4 Å². The zero-order valence-corrected chi connectivity index (χ0v) is 9.27. The van der Waals surface area contributed by atoms with E-state index in [0.29, 0.717) is 6.54 Å². The van der Waals surface area contributed by atoms with Crippen molar-refractivity contribution in [2.24, 2.45) is 0 Å². The van der Waals surface area contributed by atoms with E-state index in [1.54, 1.807) is 6.20 Å². The van der Waals surface area contributed by atoms with Crippen LogP contribution in [0, 0.1) is 6.92 Å². The number of aromatic nitrogens is 1. The minimum Gasteiger partial charge on any atom is -0.397 e. The lowest BCUT2D eigenvalue weighted by atomic mass is 10.2. The highest BCUT2D eigenvalue weighted by Gasteiger charge is 2.00. The second kappa shape index (κ2) is 4.66. The van der Waals surface area contributed by atoms with Gasteiger partial charge in [0.05, 0.1) is 17.9 Å². The van der Waals surface area contributed by atoms with Gasteiger partial charge in [0, 0.05) is 11.9 Å². The third kappa shape index (κ3) is 2.31. The lowest BCUT2D eigenvalue weighted by Gasteiger charge is -2.09. The molecule has 0 aliphatic carbocycles. The van der Waals surface area contributed by atoms with Gasteiger partial charge in [-0.1, -0.05) is 18.2 Å². The van der Waals surface area contributed by atoms with E-state index in [9.17, 15) is 0 Å². The van der Waals surface area contributed by atoms with Gasteiger partial charge >= 0.3 is 0 Å². The van der Waals surface area contributed by atoms with Crippen LogP contribution in [0.4, 0.5) is 11.4 Å². The Labute approximate surface area is 95.3 Å². The molecule has 0 saturated heterocycles. The summed E-state index contributed by atoms with van der Waals surface area (Å²) in [4.78, 5) is 4.24. The molecular weight excluding hydrogens is 198 g/mol. The average molecular weight is 213 g/mol. The summed E-state index contributed by atoms with van der Waals surface area (Å²) < 4.78 is 0. The Morgan fingerprint density at radius 2 is 2.00 bits per heavy atom. The fourth-order valence-electron chi connectivity index (χ4n) is 1.55. The predicted octanol–water partition coefficient (Wildman–Crippen LogP) is 2.58. The maximum atomic E-state index is 5.82. The van der Waals surface area contributed by atoms with Crippen LogP contribution in [0.15, 0.2) is 42.6 Å². The van der Waals surface area contributed by atoms with Crippen molar-refractivity contribution in [2.45, 2.75) is 13.5 Å². The van der Waals surface area contributed by atoms with Crippen LogP contribution in [-0.2, 0) is 6.54 Å². The van der Waals surface area contributed by atoms with Crippen LogP contribution in [-0.4, -0.2) is 4.98 Å². The minimum absolute atomic E-state index is 0.650. The van der Waals surface area contributed by atoms with Gasteiger partial charge in [0.2, 0.25) is 0 Å². The van der Waals surface area contributed by atoms with Gasteiger partial charge in [-0.3, -0.25) is 4.98 Å². The van der Waals surface area contributed by atoms with E-state index in [4.69, 9.17) is 5.73 Å². The Kier molecular flexibility index (Phi) is 3.05. The van der Waals surface area contributed by atoms with Gasteiger partial charge in [-0.05, 0) is 30.7 Å². The maximum Gasteiger partial charge on any atom is 0.0823 e. The van der Waals surface area contributed by atoms with Crippen LogP contribution in [0.1, 0.15) is 11.3 Å². The molecule has 0 unspecified atom stereocenters. The molecule has 3 heteroatoms. The molecule has 1 heterocycles. The van der Waals surface area contributed by atoms with Crippen LogP contribution >= 0.6 is 0 Å². The van der Waals surface area contributed by atoms with Gasteiger partial charge in [0.25, 0.3) is 0 Å². The predicted molar refractivity (Wildman–Crippen MR) is 67.2 cm³/mol. The third-order valence-electron chi connectivity index (χ3n) is 2.52. The molecule has 0 atom stereocenters. The summed E-state index contributed by atoms with van der Waals surface area (Å²) >= 11 is 0. The van der Waals surface area contributed by atoms with Gasteiger partial charge < -0.3 is 11.1 Å². The molecule has 0 bridgehead atoms. The lowest BCUT2D eigenvalue weighted by Crippen LogP contribution is -2.05. The van der Waals surface area contributed by atoms with E-state index >= 15 is 0 Å². The fraction of sp³-hybridized carbons (Fsp3) is 0.154. The molecular formula is C13H15N3. The summed E-state index contributed by atoms with van der Waals surface area (Å²) in [6.45, 7) is 2.72. The van der Waals surface area contributed by atoms with Crippen molar-refractivity contribution in [1.82, 2.24) is 4.98 Å². The number of nitrogens with two attached hydrogens (primary N) is 1. The molecule has 82 valence electrons. The van der Waals surface area contributed by atoms with Crippen molar-refractivity contribution in [2.75, 3.05) is 11.1 Å². The van der Waals surface area contributed by atoms with E-state index in [1.807, 2.05) is 24.3 Å². The van der Waals surface area contributed by atoms with Crippen molar-refractivity contribution in [3.8, 4) is 0 Å². The average Bonchev–Trinajstić information content (AvgIpc) is 2.30. The van der Waals surface area contributed by atoms with Crippen LogP contribution < -0.4 is 11.1 Å². The Balaban J connectivity index is 2.09. The highest BCUT2D eigenvalue weighted by atomic mass is 14.9. The van der Waals surface area contributed by atoms with Crippen molar-refractivity contribution in [3.63, 3.8) is 0 Å². The molecule has 0 saturated carbocycles. The van der Waals surface area contributed by atoms with Gasteiger partial charge in [-0.25, -0.2) is 0 Å². The first-order valence-electron chi connectivity index (χ1n) is 5.26. The lowest BCUT2D eigenvalue weighted by molar-refractivity contribution is 1.05. The molecule has 0 aliphatic rings. The topological polar surface area (TPSA) is 50.9 Å². The summed E-state index contributed by atoms with van der Waals surface area (Å²) in [6, 6.07) is 11.9. The number of rotatable bonds is 3.